The van der Waals surface area contributed by atoms with Gasteiger partial charge in [-0.05, 0) is 13.0 Å². The number of rotatable bonds is 4. The predicted octanol–water partition coefficient (Wildman–Crippen LogP) is 0.507. The first-order valence-electron chi connectivity index (χ1n) is 5.66. The Morgan fingerprint density at radius 3 is 2.74 bits per heavy atom. The first kappa shape index (κ1) is 14.9. The van der Waals surface area contributed by atoms with Crippen molar-refractivity contribution in [3.8, 4) is 5.75 Å². The number of carbonyl (C=O) groups excluding carboxylic acids is 2. The number of para-hydroxylation sites is 1. The normalized spacial score (nSPS) is 11.6. The molecule has 0 aromatic heterocycles. The van der Waals surface area contributed by atoms with Gasteiger partial charge in [0.1, 0.15) is 0 Å². The Morgan fingerprint density at radius 1 is 1.47 bits per heavy atom. The van der Waals surface area contributed by atoms with Crippen molar-refractivity contribution in [1.29, 1.82) is 0 Å². The second-order valence-electron chi connectivity index (χ2n) is 3.76. The molecule has 6 nitrogen and oxygen atoms in total. The number of ether oxygens (including phenoxy) is 1. The van der Waals surface area contributed by atoms with Crippen LogP contribution < -0.4 is 21.1 Å². The number of carbonyl (C=O) groups is 2. The summed E-state index contributed by atoms with van der Waals surface area (Å²) in [6, 6.07) is 3.65. The molecule has 104 valence electrons. The third kappa shape index (κ3) is 3.92. The second kappa shape index (κ2) is 6.69. The van der Waals surface area contributed by atoms with Gasteiger partial charge in [0.2, 0.25) is 0 Å². The summed E-state index contributed by atoms with van der Waals surface area (Å²) < 4.78 is 18.8. The highest BCUT2D eigenvalue weighted by Gasteiger charge is 2.20. The van der Waals surface area contributed by atoms with Crippen LogP contribution in [0.5, 0.6) is 5.75 Å². The Bertz CT molecular complexity index is 479. The average molecular weight is 269 g/mol. The SMILES string of the molecule is CNC(=O)NC(=O)C(C)Oc1c(F)cccc1CN. The lowest BCUT2D eigenvalue weighted by molar-refractivity contribution is -0.126. The fourth-order valence-electron chi connectivity index (χ4n) is 1.35. The van der Waals surface area contributed by atoms with Crippen LogP contribution in [0.3, 0.4) is 0 Å². The van der Waals surface area contributed by atoms with Gasteiger partial charge in [-0.1, -0.05) is 12.1 Å². The quantitative estimate of drug-likeness (QED) is 0.742. The van der Waals surface area contributed by atoms with Crippen LogP contribution in [0.15, 0.2) is 18.2 Å². The summed E-state index contributed by atoms with van der Waals surface area (Å²) >= 11 is 0. The largest absolute Gasteiger partial charge is 0.477 e. The molecule has 19 heavy (non-hydrogen) atoms. The molecule has 0 radical (unpaired) electrons. The van der Waals surface area contributed by atoms with Gasteiger partial charge in [-0.15, -0.1) is 0 Å². The maximum Gasteiger partial charge on any atom is 0.321 e. The molecule has 0 saturated heterocycles. The summed E-state index contributed by atoms with van der Waals surface area (Å²) in [5.41, 5.74) is 5.91. The van der Waals surface area contributed by atoms with Gasteiger partial charge in [0.15, 0.2) is 17.7 Å². The zero-order valence-corrected chi connectivity index (χ0v) is 10.7. The third-order valence-electron chi connectivity index (χ3n) is 2.40. The van der Waals surface area contributed by atoms with Gasteiger partial charge < -0.3 is 15.8 Å². The van der Waals surface area contributed by atoms with E-state index in [1.807, 2.05) is 5.32 Å². The molecule has 0 saturated carbocycles. The smallest absolute Gasteiger partial charge is 0.321 e. The first-order chi connectivity index (χ1) is 8.99. The van der Waals surface area contributed by atoms with E-state index in [2.05, 4.69) is 5.32 Å². The van der Waals surface area contributed by atoms with Crippen LogP contribution in [0.4, 0.5) is 9.18 Å². The fourth-order valence-corrected chi connectivity index (χ4v) is 1.35. The van der Waals surface area contributed by atoms with Crippen molar-refractivity contribution in [3.05, 3.63) is 29.6 Å². The fraction of sp³-hybridized carbons (Fsp3) is 0.333. The maximum atomic E-state index is 13.6. The topological polar surface area (TPSA) is 93.5 Å². The average Bonchev–Trinajstić information content (AvgIpc) is 2.40. The molecule has 1 unspecified atom stereocenters. The number of hydrogen-bond donors (Lipinski definition) is 3. The Balaban J connectivity index is 2.79. The number of nitrogens with one attached hydrogen (secondary N) is 2. The van der Waals surface area contributed by atoms with Gasteiger partial charge in [-0.2, -0.15) is 0 Å². The third-order valence-corrected chi connectivity index (χ3v) is 2.40. The molecule has 0 heterocycles. The molecule has 0 fully saturated rings. The van der Waals surface area contributed by atoms with Crippen LogP contribution in [-0.4, -0.2) is 25.1 Å². The van der Waals surface area contributed by atoms with Crippen LogP contribution in [0.2, 0.25) is 0 Å². The van der Waals surface area contributed by atoms with E-state index in [1.165, 1.54) is 26.1 Å². The van der Waals surface area contributed by atoms with E-state index < -0.39 is 23.9 Å². The lowest BCUT2D eigenvalue weighted by Crippen LogP contribution is -2.44. The predicted molar refractivity (Wildman–Crippen MR) is 67.0 cm³/mol. The van der Waals surface area contributed by atoms with Crippen LogP contribution in [0, 0.1) is 5.82 Å². The summed E-state index contributed by atoms with van der Waals surface area (Å²) in [5.74, 6) is -1.36. The molecule has 1 atom stereocenters. The van der Waals surface area contributed by atoms with E-state index >= 15 is 0 Å². The minimum Gasteiger partial charge on any atom is -0.477 e. The summed E-state index contributed by atoms with van der Waals surface area (Å²) in [5, 5.41) is 4.27. The maximum absolute atomic E-state index is 13.6. The summed E-state index contributed by atoms with van der Waals surface area (Å²) in [6.07, 6.45) is -1.03. The number of urea groups is 1. The van der Waals surface area contributed by atoms with E-state index in [9.17, 15) is 14.0 Å². The molecule has 3 amide bonds. The van der Waals surface area contributed by atoms with Crippen molar-refractivity contribution < 1.29 is 18.7 Å². The van der Waals surface area contributed by atoms with Crippen molar-refractivity contribution in [2.45, 2.75) is 19.6 Å². The van der Waals surface area contributed by atoms with Gasteiger partial charge in [-0.3, -0.25) is 10.1 Å². The van der Waals surface area contributed by atoms with Crippen molar-refractivity contribution in [1.82, 2.24) is 10.6 Å². The molecule has 0 aliphatic heterocycles. The van der Waals surface area contributed by atoms with Crippen molar-refractivity contribution >= 4 is 11.9 Å². The molecule has 0 bridgehead atoms. The van der Waals surface area contributed by atoms with Gasteiger partial charge in [0, 0.05) is 19.2 Å². The van der Waals surface area contributed by atoms with Crippen molar-refractivity contribution in [3.63, 3.8) is 0 Å². The van der Waals surface area contributed by atoms with Crippen LogP contribution in [0.25, 0.3) is 0 Å². The number of imide groups is 1. The lowest BCUT2D eigenvalue weighted by Gasteiger charge is -2.16. The van der Waals surface area contributed by atoms with Crippen molar-refractivity contribution in [2.75, 3.05) is 7.05 Å². The van der Waals surface area contributed by atoms with Crippen LogP contribution in [-0.2, 0) is 11.3 Å². The number of halogens is 1. The molecule has 1 rings (SSSR count). The number of amides is 3. The second-order valence-corrected chi connectivity index (χ2v) is 3.76. The highest BCUT2D eigenvalue weighted by Crippen LogP contribution is 2.23. The lowest BCUT2D eigenvalue weighted by atomic mass is 10.2. The molecule has 1 aromatic rings. The standard InChI is InChI=1S/C12H16FN3O3/c1-7(11(17)16-12(18)15-2)19-10-8(6-14)4-3-5-9(10)13/h3-5,7H,6,14H2,1-2H3,(H2,15,16,17,18). The van der Waals surface area contributed by atoms with E-state index in [-0.39, 0.29) is 12.3 Å². The summed E-state index contributed by atoms with van der Waals surface area (Å²) in [7, 11) is 1.37. The summed E-state index contributed by atoms with van der Waals surface area (Å²) in [4.78, 5) is 22.6. The highest BCUT2D eigenvalue weighted by atomic mass is 19.1. The Hall–Kier alpha value is -2.15. The van der Waals surface area contributed by atoms with Gasteiger partial charge in [-0.25, -0.2) is 9.18 Å². The van der Waals surface area contributed by atoms with Gasteiger partial charge in [0.05, 0.1) is 0 Å². The van der Waals surface area contributed by atoms with Gasteiger partial charge >= 0.3 is 6.03 Å². The molecular formula is C12H16FN3O3. The molecule has 1 aromatic carbocycles. The highest BCUT2D eigenvalue weighted by molar-refractivity contribution is 5.96. The van der Waals surface area contributed by atoms with Crippen LogP contribution >= 0.6 is 0 Å². The minimum absolute atomic E-state index is 0.0791. The van der Waals surface area contributed by atoms with Crippen LogP contribution in [0.1, 0.15) is 12.5 Å². The van der Waals surface area contributed by atoms with Gasteiger partial charge in [0.25, 0.3) is 5.91 Å². The summed E-state index contributed by atoms with van der Waals surface area (Å²) in [6.45, 7) is 1.49. The minimum atomic E-state index is -1.03. The zero-order valence-electron chi connectivity index (χ0n) is 10.7. The molecule has 0 aliphatic carbocycles. The first-order valence-corrected chi connectivity index (χ1v) is 5.66. The number of nitrogens with two attached hydrogens (primary N) is 1. The van der Waals surface area contributed by atoms with E-state index in [4.69, 9.17) is 10.5 Å². The molecule has 7 heteroatoms. The molecular weight excluding hydrogens is 253 g/mol. The molecule has 0 spiro atoms. The monoisotopic (exact) mass is 269 g/mol. The van der Waals surface area contributed by atoms with E-state index in [0.29, 0.717) is 5.56 Å². The molecule has 0 aliphatic rings. The number of hydrogen-bond acceptors (Lipinski definition) is 4. The Morgan fingerprint density at radius 2 is 2.16 bits per heavy atom. The number of benzene rings is 1. The van der Waals surface area contributed by atoms with Crippen molar-refractivity contribution in [2.24, 2.45) is 5.73 Å². The molecule has 4 N–H and O–H groups in total. The zero-order chi connectivity index (χ0) is 14.4. The van der Waals surface area contributed by atoms with E-state index in [0.717, 1.165) is 0 Å². The Labute approximate surface area is 110 Å². The Kier molecular flexibility index (Phi) is 5.25. The van der Waals surface area contributed by atoms with E-state index in [1.54, 1.807) is 6.07 Å².